The van der Waals surface area contributed by atoms with Gasteiger partial charge in [0, 0.05) is 5.56 Å². The predicted molar refractivity (Wildman–Crippen MR) is 52.9 cm³/mol. The van der Waals surface area contributed by atoms with Crippen LogP contribution in [0.5, 0.6) is 5.75 Å². The normalized spacial score (nSPS) is 9.71. The van der Waals surface area contributed by atoms with E-state index in [1.54, 1.807) is 0 Å². The minimum Gasteiger partial charge on any atom is -0.379 e. The predicted octanol–water partition coefficient (Wildman–Crippen LogP) is 1.83. The molecule has 0 saturated heterocycles. The first kappa shape index (κ1) is 8.56. The number of hydrogen-bond acceptors (Lipinski definition) is 2. The first-order chi connectivity index (χ1) is 6.92. The standard InChI is InChI=1S/C11H9NO2/c13-8-12-14-11-7-6-9-4-2-1-3-5-10(9)11/h1-8H,(H,12,13). The summed E-state index contributed by atoms with van der Waals surface area (Å²) >= 11 is 0. The fourth-order valence-electron chi connectivity index (χ4n) is 1.36. The molecule has 14 heavy (non-hydrogen) atoms. The van der Waals surface area contributed by atoms with Gasteiger partial charge in [-0.25, -0.2) is 0 Å². The molecule has 0 heterocycles. The lowest BCUT2D eigenvalue weighted by Crippen LogP contribution is -2.15. The molecule has 0 saturated carbocycles. The quantitative estimate of drug-likeness (QED) is 0.588. The van der Waals surface area contributed by atoms with E-state index in [2.05, 4.69) is 5.48 Å². The molecule has 2 aliphatic rings. The van der Waals surface area contributed by atoms with E-state index in [9.17, 15) is 4.79 Å². The van der Waals surface area contributed by atoms with E-state index >= 15 is 0 Å². The molecule has 3 heteroatoms. The third kappa shape index (κ3) is 1.52. The number of hydrogen-bond donors (Lipinski definition) is 1. The summed E-state index contributed by atoms with van der Waals surface area (Å²) in [6.45, 7) is 0. The van der Waals surface area contributed by atoms with Crippen LogP contribution in [0, 0.1) is 0 Å². The van der Waals surface area contributed by atoms with E-state index in [1.807, 2.05) is 42.5 Å². The van der Waals surface area contributed by atoms with Crippen LogP contribution in [0.3, 0.4) is 0 Å². The Morgan fingerprint density at radius 3 is 2.79 bits per heavy atom. The topological polar surface area (TPSA) is 38.3 Å². The molecule has 0 aliphatic heterocycles. The van der Waals surface area contributed by atoms with Crippen LogP contribution in [-0.2, 0) is 4.79 Å². The molecule has 0 fully saturated rings. The highest BCUT2D eigenvalue weighted by Crippen LogP contribution is 2.32. The largest absolute Gasteiger partial charge is 0.379 e. The van der Waals surface area contributed by atoms with Crippen molar-refractivity contribution in [2.75, 3.05) is 0 Å². The Balaban J connectivity index is 2.37. The van der Waals surface area contributed by atoms with Crippen LogP contribution in [0.25, 0.3) is 11.1 Å². The molecular formula is C11H9NO2. The van der Waals surface area contributed by atoms with Crippen molar-refractivity contribution in [3.05, 3.63) is 42.5 Å². The van der Waals surface area contributed by atoms with Gasteiger partial charge in [0.25, 0.3) is 0 Å². The Kier molecular flexibility index (Phi) is 2.32. The van der Waals surface area contributed by atoms with Crippen molar-refractivity contribution in [1.29, 1.82) is 0 Å². The highest BCUT2D eigenvalue weighted by atomic mass is 16.7. The lowest BCUT2D eigenvalue weighted by Gasteiger charge is -2.01. The van der Waals surface area contributed by atoms with Gasteiger partial charge in [-0.3, -0.25) is 4.79 Å². The van der Waals surface area contributed by atoms with Gasteiger partial charge in [0.15, 0.2) is 5.75 Å². The highest BCUT2D eigenvalue weighted by molar-refractivity contribution is 5.73. The third-order valence-electron chi connectivity index (χ3n) is 1.97. The molecular weight excluding hydrogens is 178 g/mol. The number of carbonyl (C=O) groups is 1. The molecule has 70 valence electrons. The summed E-state index contributed by atoms with van der Waals surface area (Å²) in [6.07, 6.45) is 0.502. The molecule has 1 amide bonds. The number of nitrogens with one attached hydrogen (secondary N) is 1. The van der Waals surface area contributed by atoms with Crippen molar-refractivity contribution in [1.82, 2.24) is 5.48 Å². The molecule has 0 atom stereocenters. The van der Waals surface area contributed by atoms with Crippen LogP contribution in [0.15, 0.2) is 42.5 Å². The van der Waals surface area contributed by atoms with Crippen LogP contribution >= 0.6 is 0 Å². The number of rotatable bonds is 3. The summed E-state index contributed by atoms with van der Waals surface area (Å²) in [4.78, 5) is 15.1. The summed E-state index contributed by atoms with van der Waals surface area (Å²) in [6, 6.07) is 13.5. The highest BCUT2D eigenvalue weighted by Gasteiger charge is 2.08. The molecule has 0 aromatic heterocycles. The Bertz CT molecular complexity index is 414. The van der Waals surface area contributed by atoms with Crippen LogP contribution in [0.2, 0.25) is 0 Å². The second-order valence-electron chi connectivity index (χ2n) is 2.82. The first-order valence-corrected chi connectivity index (χ1v) is 4.25. The van der Waals surface area contributed by atoms with Gasteiger partial charge in [-0.05, 0) is 11.6 Å². The van der Waals surface area contributed by atoms with E-state index in [1.165, 1.54) is 0 Å². The van der Waals surface area contributed by atoms with Gasteiger partial charge in [-0.2, -0.15) is 5.48 Å². The zero-order chi connectivity index (χ0) is 9.80. The zero-order valence-corrected chi connectivity index (χ0v) is 7.44. The summed E-state index contributed by atoms with van der Waals surface area (Å²) < 4.78 is 0. The summed E-state index contributed by atoms with van der Waals surface area (Å²) in [5.74, 6) is 0.656. The van der Waals surface area contributed by atoms with Gasteiger partial charge in [0.05, 0.1) is 0 Å². The van der Waals surface area contributed by atoms with Gasteiger partial charge in [-0.15, -0.1) is 0 Å². The summed E-state index contributed by atoms with van der Waals surface area (Å²) in [5.41, 5.74) is 4.23. The van der Waals surface area contributed by atoms with E-state index in [0.29, 0.717) is 12.2 Å². The Hall–Kier alpha value is -2.03. The third-order valence-corrected chi connectivity index (χ3v) is 1.97. The molecule has 0 aromatic rings. The van der Waals surface area contributed by atoms with E-state index < -0.39 is 0 Å². The Labute approximate surface area is 81.6 Å². The average molecular weight is 187 g/mol. The van der Waals surface area contributed by atoms with E-state index in [-0.39, 0.29) is 0 Å². The summed E-state index contributed by atoms with van der Waals surface area (Å²) in [5, 5.41) is 0. The maximum atomic E-state index is 10.1. The number of fused-ring (bicyclic) bond motifs is 1. The molecule has 2 rings (SSSR count). The van der Waals surface area contributed by atoms with Crippen LogP contribution in [0.1, 0.15) is 0 Å². The van der Waals surface area contributed by atoms with Crippen molar-refractivity contribution in [3.63, 3.8) is 0 Å². The van der Waals surface area contributed by atoms with Crippen molar-refractivity contribution in [2.45, 2.75) is 0 Å². The lowest BCUT2D eigenvalue weighted by atomic mass is 10.2. The van der Waals surface area contributed by atoms with Gasteiger partial charge in [0.1, 0.15) is 0 Å². The van der Waals surface area contributed by atoms with Crippen LogP contribution in [-0.4, -0.2) is 6.41 Å². The lowest BCUT2D eigenvalue weighted by molar-refractivity contribution is -0.115. The maximum Gasteiger partial charge on any atom is 0.239 e. The monoisotopic (exact) mass is 187 g/mol. The second-order valence-corrected chi connectivity index (χ2v) is 2.82. The molecule has 0 radical (unpaired) electrons. The zero-order valence-electron chi connectivity index (χ0n) is 7.44. The molecule has 3 nitrogen and oxygen atoms in total. The van der Waals surface area contributed by atoms with Crippen LogP contribution in [0.4, 0.5) is 0 Å². The van der Waals surface area contributed by atoms with Crippen LogP contribution < -0.4 is 10.3 Å². The van der Waals surface area contributed by atoms with Gasteiger partial charge < -0.3 is 4.84 Å². The van der Waals surface area contributed by atoms with Crippen molar-refractivity contribution in [2.24, 2.45) is 0 Å². The maximum absolute atomic E-state index is 10.1. The van der Waals surface area contributed by atoms with Gasteiger partial charge >= 0.3 is 0 Å². The second kappa shape index (κ2) is 3.79. The first-order valence-electron chi connectivity index (χ1n) is 4.25. The van der Waals surface area contributed by atoms with Crippen molar-refractivity contribution < 1.29 is 9.63 Å². The van der Waals surface area contributed by atoms with Gasteiger partial charge in [-0.1, -0.05) is 36.4 Å². The van der Waals surface area contributed by atoms with Crippen molar-refractivity contribution in [3.8, 4) is 16.9 Å². The minimum absolute atomic E-state index is 0.502. The molecule has 0 bridgehead atoms. The number of hydroxylamine groups is 1. The molecule has 1 N–H and O–H groups in total. The number of amides is 1. The molecule has 0 spiro atoms. The molecule has 0 unspecified atom stereocenters. The fraction of sp³-hybridized carbons (Fsp3) is 0. The smallest absolute Gasteiger partial charge is 0.239 e. The minimum atomic E-state index is 0.502. The Morgan fingerprint density at radius 1 is 1.07 bits per heavy atom. The SMILES string of the molecule is O=CNOc1ccc2cccccc1-2. The Morgan fingerprint density at radius 2 is 1.93 bits per heavy atom. The summed E-state index contributed by atoms with van der Waals surface area (Å²) in [7, 11) is 0. The average Bonchev–Trinajstić information content (AvgIpc) is 2.45. The molecule has 0 aromatic carbocycles. The molecule has 2 aliphatic carbocycles. The fourth-order valence-corrected chi connectivity index (χ4v) is 1.36. The van der Waals surface area contributed by atoms with Gasteiger partial charge in [0.2, 0.25) is 6.41 Å². The number of carbonyl (C=O) groups excluding carboxylic acids is 1. The van der Waals surface area contributed by atoms with E-state index in [4.69, 9.17) is 4.84 Å². The van der Waals surface area contributed by atoms with Crippen molar-refractivity contribution >= 4 is 6.41 Å². The van der Waals surface area contributed by atoms with E-state index in [0.717, 1.165) is 11.1 Å².